The molecule has 2 atom stereocenters. The van der Waals surface area contributed by atoms with Gasteiger partial charge in [-0.3, -0.25) is 4.79 Å². The molecule has 0 aliphatic carbocycles. The molecule has 34 heavy (non-hydrogen) atoms. The van der Waals surface area contributed by atoms with Crippen molar-refractivity contribution in [1.82, 2.24) is 9.62 Å². The zero-order chi connectivity index (χ0) is 23.9. The molecule has 1 amide bonds. The number of carbonyl (C=O) groups is 1. The average Bonchev–Trinajstić information content (AvgIpc) is 3.31. The van der Waals surface area contributed by atoms with Gasteiger partial charge in [0.15, 0.2) is 11.5 Å². The number of fused-ring (bicyclic) bond motifs is 2. The Morgan fingerprint density at radius 3 is 2.50 bits per heavy atom. The summed E-state index contributed by atoms with van der Waals surface area (Å²) in [6.45, 7) is 2.02. The summed E-state index contributed by atoms with van der Waals surface area (Å²) in [7, 11) is -4.05. The molecular weight excluding hydrogens is 459 g/mol. The van der Waals surface area contributed by atoms with E-state index in [0.717, 1.165) is 28.8 Å². The Morgan fingerprint density at radius 1 is 1.03 bits per heavy atom. The molecule has 0 unspecified atom stereocenters. The summed E-state index contributed by atoms with van der Waals surface area (Å²) >= 11 is 0. The summed E-state index contributed by atoms with van der Waals surface area (Å²) in [6, 6.07) is 16.2. The van der Waals surface area contributed by atoms with Crippen LogP contribution in [0.25, 0.3) is 0 Å². The number of sulfonamides is 1. The maximum atomic E-state index is 13.5. The molecule has 0 spiro atoms. The minimum Gasteiger partial charge on any atom is -0.454 e. The topological polar surface area (TPSA) is 84.9 Å². The van der Waals surface area contributed by atoms with Crippen LogP contribution in [0.4, 0.5) is 4.39 Å². The largest absolute Gasteiger partial charge is 0.454 e. The summed E-state index contributed by atoms with van der Waals surface area (Å²) in [6.07, 6.45) is 0.232. The van der Waals surface area contributed by atoms with Crippen LogP contribution in [0.5, 0.6) is 11.5 Å². The maximum absolute atomic E-state index is 13.5. The number of carbonyl (C=O) groups excluding carboxylic acids is 1. The van der Waals surface area contributed by atoms with Crippen LogP contribution in [-0.2, 0) is 27.8 Å². The van der Waals surface area contributed by atoms with Crippen molar-refractivity contribution in [2.75, 3.05) is 6.79 Å². The van der Waals surface area contributed by atoms with Gasteiger partial charge in [-0.15, -0.1) is 0 Å². The van der Waals surface area contributed by atoms with E-state index in [2.05, 4.69) is 5.32 Å². The van der Waals surface area contributed by atoms with E-state index in [0.29, 0.717) is 11.5 Å². The van der Waals surface area contributed by atoms with Crippen LogP contribution < -0.4 is 14.8 Å². The van der Waals surface area contributed by atoms with Crippen LogP contribution in [0.15, 0.2) is 71.6 Å². The summed E-state index contributed by atoms with van der Waals surface area (Å²) in [4.78, 5) is 13.4. The molecule has 3 aromatic rings. The first-order valence-corrected chi connectivity index (χ1v) is 12.3. The van der Waals surface area contributed by atoms with Crippen LogP contribution in [0.1, 0.15) is 29.7 Å². The second-order valence-electron chi connectivity index (χ2n) is 8.34. The Balaban J connectivity index is 1.44. The normalized spacial score (nSPS) is 18.2. The molecular formula is C25H23FN2O5S. The fraction of sp³-hybridized carbons (Fsp3) is 0.240. The number of benzene rings is 3. The third-order valence-corrected chi connectivity index (χ3v) is 8.05. The first-order chi connectivity index (χ1) is 16.3. The first kappa shape index (κ1) is 22.4. The fourth-order valence-corrected chi connectivity index (χ4v) is 5.86. The van der Waals surface area contributed by atoms with Gasteiger partial charge in [-0.05, 0) is 66.4 Å². The maximum Gasteiger partial charge on any atom is 0.244 e. The molecule has 3 aromatic carbocycles. The minimum absolute atomic E-state index is 0.0480. The van der Waals surface area contributed by atoms with E-state index < -0.39 is 33.8 Å². The Kier molecular flexibility index (Phi) is 5.75. The number of hydrogen-bond donors (Lipinski definition) is 1. The molecule has 5 rings (SSSR count). The van der Waals surface area contributed by atoms with E-state index in [4.69, 9.17) is 9.47 Å². The molecule has 0 saturated carbocycles. The number of nitrogens with one attached hydrogen (secondary N) is 1. The Labute approximate surface area is 197 Å². The zero-order valence-electron chi connectivity index (χ0n) is 18.4. The van der Waals surface area contributed by atoms with Crippen molar-refractivity contribution < 1.29 is 27.1 Å². The lowest BCUT2D eigenvalue weighted by molar-refractivity contribution is -0.125. The lowest BCUT2D eigenvalue weighted by Crippen LogP contribution is -2.52. The summed E-state index contributed by atoms with van der Waals surface area (Å²) < 4.78 is 52.4. The third kappa shape index (κ3) is 4.12. The monoisotopic (exact) mass is 482 g/mol. The van der Waals surface area contributed by atoms with Crippen LogP contribution in [0.2, 0.25) is 0 Å². The van der Waals surface area contributed by atoms with E-state index in [1.165, 1.54) is 16.4 Å². The summed E-state index contributed by atoms with van der Waals surface area (Å²) in [5.74, 6) is 0.300. The van der Waals surface area contributed by atoms with Gasteiger partial charge in [-0.1, -0.05) is 30.3 Å². The lowest BCUT2D eigenvalue weighted by atomic mass is 9.95. The predicted octanol–water partition coefficient (Wildman–Crippen LogP) is 3.55. The zero-order valence-corrected chi connectivity index (χ0v) is 19.2. The summed E-state index contributed by atoms with van der Waals surface area (Å²) in [5, 5.41) is 2.95. The van der Waals surface area contributed by atoms with E-state index in [9.17, 15) is 17.6 Å². The van der Waals surface area contributed by atoms with Crippen LogP contribution in [0, 0.1) is 5.82 Å². The first-order valence-electron chi connectivity index (χ1n) is 10.9. The Hall–Kier alpha value is -3.43. The number of rotatable bonds is 5. The van der Waals surface area contributed by atoms with Gasteiger partial charge in [-0.25, -0.2) is 12.8 Å². The van der Waals surface area contributed by atoms with E-state index in [1.54, 1.807) is 12.1 Å². The smallest absolute Gasteiger partial charge is 0.244 e. The Bertz CT molecular complexity index is 1340. The summed E-state index contributed by atoms with van der Waals surface area (Å²) in [5.41, 5.74) is 2.56. The van der Waals surface area contributed by atoms with Gasteiger partial charge in [0.1, 0.15) is 11.9 Å². The number of nitrogens with zero attached hydrogens (tertiary/aromatic N) is 1. The van der Waals surface area contributed by atoms with Gasteiger partial charge in [0, 0.05) is 6.54 Å². The van der Waals surface area contributed by atoms with E-state index in [-0.39, 0.29) is 24.7 Å². The van der Waals surface area contributed by atoms with Gasteiger partial charge in [0.05, 0.1) is 10.9 Å². The molecule has 2 heterocycles. The van der Waals surface area contributed by atoms with E-state index >= 15 is 0 Å². The predicted molar refractivity (Wildman–Crippen MR) is 122 cm³/mol. The van der Waals surface area contributed by atoms with Crippen molar-refractivity contribution >= 4 is 15.9 Å². The Morgan fingerprint density at radius 2 is 1.74 bits per heavy atom. The van der Waals surface area contributed by atoms with Crippen LogP contribution >= 0.6 is 0 Å². The van der Waals surface area contributed by atoms with Crippen molar-refractivity contribution in [3.63, 3.8) is 0 Å². The number of halogens is 1. The quantitative estimate of drug-likeness (QED) is 0.601. The molecule has 2 aliphatic heterocycles. The van der Waals surface area contributed by atoms with Gasteiger partial charge in [-0.2, -0.15) is 4.31 Å². The van der Waals surface area contributed by atoms with Crippen molar-refractivity contribution in [3.8, 4) is 11.5 Å². The minimum atomic E-state index is -4.05. The molecule has 9 heteroatoms. The highest BCUT2D eigenvalue weighted by Crippen LogP contribution is 2.34. The number of hydrogen-bond acceptors (Lipinski definition) is 5. The third-order valence-electron chi connectivity index (χ3n) is 6.18. The van der Waals surface area contributed by atoms with Gasteiger partial charge >= 0.3 is 0 Å². The fourth-order valence-electron chi connectivity index (χ4n) is 4.29. The molecule has 0 saturated heterocycles. The molecule has 7 nitrogen and oxygen atoms in total. The molecule has 0 bridgehead atoms. The van der Waals surface area contributed by atoms with E-state index in [1.807, 2.05) is 37.3 Å². The highest BCUT2D eigenvalue weighted by Gasteiger charge is 2.40. The molecule has 0 aromatic heterocycles. The standard InChI is InChI=1S/C25H23FN2O5S/c1-16(17-6-11-23-24(13-17)33-15-32-23)27-25(29)22-12-18-4-2-3-5-19(18)14-28(22)34(30,31)21-9-7-20(26)8-10-21/h2-11,13,16,22H,12,14-15H2,1H3,(H,27,29)/t16-,22+/m0/s1. The molecule has 0 fully saturated rings. The van der Waals surface area contributed by atoms with Crippen molar-refractivity contribution in [3.05, 3.63) is 89.2 Å². The van der Waals surface area contributed by atoms with Gasteiger partial charge < -0.3 is 14.8 Å². The second kappa shape index (κ2) is 8.73. The highest BCUT2D eigenvalue weighted by molar-refractivity contribution is 7.89. The van der Waals surface area contributed by atoms with Crippen molar-refractivity contribution in [2.45, 2.75) is 36.9 Å². The lowest BCUT2D eigenvalue weighted by Gasteiger charge is -2.35. The number of amides is 1. The van der Waals surface area contributed by atoms with Crippen LogP contribution in [-0.4, -0.2) is 31.5 Å². The molecule has 1 N–H and O–H groups in total. The SMILES string of the molecule is C[C@H](NC(=O)[C@H]1Cc2ccccc2CN1S(=O)(=O)c1ccc(F)cc1)c1ccc2c(c1)OCO2. The second-order valence-corrected chi connectivity index (χ2v) is 10.2. The number of ether oxygens (including phenoxy) is 2. The molecule has 176 valence electrons. The molecule has 2 aliphatic rings. The highest BCUT2D eigenvalue weighted by atomic mass is 32.2. The van der Waals surface area contributed by atoms with Gasteiger partial charge in [0.25, 0.3) is 0 Å². The van der Waals surface area contributed by atoms with Gasteiger partial charge in [0.2, 0.25) is 22.7 Å². The van der Waals surface area contributed by atoms with Crippen molar-refractivity contribution in [2.24, 2.45) is 0 Å². The van der Waals surface area contributed by atoms with Crippen molar-refractivity contribution in [1.29, 1.82) is 0 Å². The van der Waals surface area contributed by atoms with Crippen LogP contribution in [0.3, 0.4) is 0 Å². The molecule has 0 radical (unpaired) electrons. The average molecular weight is 483 g/mol.